The monoisotopic (exact) mass is 223 g/mol. The van der Waals surface area contributed by atoms with Gasteiger partial charge in [-0.05, 0) is 33.4 Å². The van der Waals surface area contributed by atoms with Crippen molar-refractivity contribution in [3.63, 3.8) is 0 Å². The molecule has 1 unspecified atom stereocenters. The van der Waals surface area contributed by atoms with Gasteiger partial charge >= 0.3 is 0 Å². The first kappa shape index (κ1) is 11.5. The van der Waals surface area contributed by atoms with E-state index in [4.69, 9.17) is 0 Å². The molecule has 5 heteroatoms. The van der Waals surface area contributed by atoms with E-state index in [9.17, 15) is 0 Å². The lowest BCUT2D eigenvalue weighted by atomic mass is 10.2. The number of likely N-dealkylation sites (tertiary alicyclic amines) is 1. The van der Waals surface area contributed by atoms with Crippen LogP contribution in [0.15, 0.2) is 6.33 Å². The average molecular weight is 223 g/mol. The second kappa shape index (κ2) is 5.41. The summed E-state index contributed by atoms with van der Waals surface area (Å²) < 4.78 is 1.94. The largest absolute Gasteiger partial charge is 0.308 e. The standard InChI is InChI=1S/C11H21N5/c1-3-16-11(13-9-14-16)8-12-7-10-5-4-6-15(10)2/h9-10,12H,3-8H2,1-2H3. The lowest BCUT2D eigenvalue weighted by molar-refractivity contribution is 0.299. The Bertz CT molecular complexity index is 322. The Labute approximate surface area is 96.8 Å². The maximum atomic E-state index is 4.25. The Kier molecular flexibility index (Phi) is 3.90. The minimum atomic E-state index is 0.693. The van der Waals surface area contributed by atoms with Crippen LogP contribution in [0.25, 0.3) is 0 Å². The van der Waals surface area contributed by atoms with Crippen LogP contribution in [0, 0.1) is 0 Å². The van der Waals surface area contributed by atoms with Crippen molar-refractivity contribution in [2.75, 3.05) is 20.1 Å². The second-order valence-corrected chi connectivity index (χ2v) is 4.40. The highest BCUT2D eigenvalue weighted by atomic mass is 15.3. The molecule has 0 aliphatic carbocycles. The van der Waals surface area contributed by atoms with E-state index in [0.717, 1.165) is 25.5 Å². The maximum absolute atomic E-state index is 4.25. The molecule has 1 aromatic heterocycles. The maximum Gasteiger partial charge on any atom is 0.140 e. The van der Waals surface area contributed by atoms with Gasteiger partial charge in [0.2, 0.25) is 0 Å². The van der Waals surface area contributed by atoms with Crippen molar-refractivity contribution in [3.05, 3.63) is 12.2 Å². The highest BCUT2D eigenvalue weighted by Crippen LogP contribution is 2.13. The van der Waals surface area contributed by atoms with Crippen molar-refractivity contribution in [2.45, 2.75) is 38.9 Å². The predicted octanol–water partition coefficient (Wildman–Crippen LogP) is 0.482. The highest BCUT2D eigenvalue weighted by Gasteiger charge is 2.20. The number of aromatic nitrogens is 3. The summed E-state index contributed by atoms with van der Waals surface area (Å²) in [4.78, 5) is 6.67. The van der Waals surface area contributed by atoms with Gasteiger partial charge < -0.3 is 10.2 Å². The topological polar surface area (TPSA) is 46.0 Å². The zero-order chi connectivity index (χ0) is 11.4. The molecule has 2 heterocycles. The first-order valence-electron chi connectivity index (χ1n) is 6.09. The van der Waals surface area contributed by atoms with E-state index in [1.165, 1.54) is 19.4 Å². The van der Waals surface area contributed by atoms with Gasteiger partial charge in [-0.25, -0.2) is 9.67 Å². The molecule has 0 amide bonds. The number of aryl methyl sites for hydroxylation is 1. The van der Waals surface area contributed by atoms with Crippen LogP contribution in [0.1, 0.15) is 25.6 Å². The molecule has 5 nitrogen and oxygen atoms in total. The minimum Gasteiger partial charge on any atom is -0.308 e. The van der Waals surface area contributed by atoms with Crippen molar-refractivity contribution in [1.29, 1.82) is 0 Å². The summed E-state index contributed by atoms with van der Waals surface area (Å²) in [5, 5.41) is 7.63. The Morgan fingerprint density at radius 2 is 2.44 bits per heavy atom. The van der Waals surface area contributed by atoms with Gasteiger partial charge in [-0.3, -0.25) is 0 Å². The molecule has 0 saturated carbocycles. The average Bonchev–Trinajstić information content (AvgIpc) is 2.88. The predicted molar refractivity (Wildman–Crippen MR) is 63.1 cm³/mol. The summed E-state index contributed by atoms with van der Waals surface area (Å²) in [5.41, 5.74) is 0. The third kappa shape index (κ3) is 2.59. The fraction of sp³-hybridized carbons (Fsp3) is 0.818. The van der Waals surface area contributed by atoms with E-state index >= 15 is 0 Å². The van der Waals surface area contributed by atoms with Crippen molar-refractivity contribution in [2.24, 2.45) is 0 Å². The number of hydrogen-bond donors (Lipinski definition) is 1. The molecular formula is C11H21N5. The van der Waals surface area contributed by atoms with Gasteiger partial charge in [0.05, 0.1) is 6.54 Å². The van der Waals surface area contributed by atoms with Crippen LogP contribution in [0.2, 0.25) is 0 Å². The van der Waals surface area contributed by atoms with Gasteiger partial charge in [-0.15, -0.1) is 0 Å². The quantitative estimate of drug-likeness (QED) is 0.789. The number of rotatable bonds is 5. The fourth-order valence-electron chi connectivity index (χ4n) is 2.28. The molecule has 1 saturated heterocycles. The van der Waals surface area contributed by atoms with E-state index in [1.54, 1.807) is 6.33 Å². The summed E-state index contributed by atoms with van der Waals surface area (Å²) in [6.45, 7) is 6.08. The molecule has 1 fully saturated rings. The van der Waals surface area contributed by atoms with E-state index < -0.39 is 0 Å². The van der Waals surface area contributed by atoms with E-state index in [-0.39, 0.29) is 0 Å². The third-order valence-electron chi connectivity index (χ3n) is 3.33. The first-order valence-corrected chi connectivity index (χ1v) is 6.09. The highest BCUT2D eigenvalue weighted by molar-refractivity contribution is 4.85. The molecule has 1 aromatic rings. The van der Waals surface area contributed by atoms with E-state index in [0.29, 0.717) is 6.04 Å². The third-order valence-corrected chi connectivity index (χ3v) is 3.33. The Morgan fingerprint density at radius 1 is 1.56 bits per heavy atom. The zero-order valence-electron chi connectivity index (χ0n) is 10.2. The second-order valence-electron chi connectivity index (χ2n) is 4.40. The summed E-state index contributed by atoms with van der Waals surface area (Å²) in [6.07, 6.45) is 4.26. The van der Waals surface area contributed by atoms with Gasteiger partial charge in [0.1, 0.15) is 12.2 Å². The fourth-order valence-corrected chi connectivity index (χ4v) is 2.28. The molecule has 1 N–H and O–H groups in total. The van der Waals surface area contributed by atoms with Crippen LogP contribution in [-0.2, 0) is 13.1 Å². The van der Waals surface area contributed by atoms with Gasteiger partial charge in [-0.2, -0.15) is 5.10 Å². The van der Waals surface area contributed by atoms with Crippen LogP contribution in [0.4, 0.5) is 0 Å². The molecule has 0 aromatic carbocycles. The molecule has 2 rings (SSSR count). The molecule has 1 atom stereocenters. The number of nitrogens with zero attached hydrogens (tertiary/aromatic N) is 4. The first-order chi connectivity index (χ1) is 7.81. The molecule has 0 bridgehead atoms. The van der Waals surface area contributed by atoms with Gasteiger partial charge in [-0.1, -0.05) is 0 Å². The van der Waals surface area contributed by atoms with Gasteiger partial charge in [0.25, 0.3) is 0 Å². The van der Waals surface area contributed by atoms with Crippen LogP contribution < -0.4 is 5.32 Å². The van der Waals surface area contributed by atoms with Crippen LogP contribution in [0.3, 0.4) is 0 Å². The lowest BCUT2D eigenvalue weighted by Crippen LogP contribution is -2.35. The molecule has 90 valence electrons. The normalized spacial score (nSPS) is 21.8. The lowest BCUT2D eigenvalue weighted by Gasteiger charge is -2.19. The molecule has 16 heavy (non-hydrogen) atoms. The summed E-state index contributed by atoms with van der Waals surface area (Å²) in [5.74, 6) is 1.03. The summed E-state index contributed by atoms with van der Waals surface area (Å²) in [6, 6.07) is 0.693. The summed E-state index contributed by atoms with van der Waals surface area (Å²) >= 11 is 0. The Balaban J connectivity index is 1.75. The number of likely N-dealkylation sites (N-methyl/N-ethyl adjacent to an activating group) is 1. The van der Waals surface area contributed by atoms with Crippen molar-refractivity contribution >= 4 is 0 Å². The smallest absolute Gasteiger partial charge is 0.140 e. The SMILES string of the molecule is CCn1ncnc1CNCC1CCCN1C. The van der Waals surface area contributed by atoms with Crippen LogP contribution in [-0.4, -0.2) is 45.8 Å². The molecule has 1 aliphatic rings. The van der Waals surface area contributed by atoms with Gasteiger partial charge in [0.15, 0.2) is 0 Å². The van der Waals surface area contributed by atoms with Crippen molar-refractivity contribution in [1.82, 2.24) is 25.0 Å². The van der Waals surface area contributed by atoms with Crippen molar-refractivity contribution in [3.8, 4) is 0 Å². The van der Waals surface area contributed by atoms with Crippen LogP contribution >= 0.6 is 0 Å². The number of nitrogens with one attached hydrogen (secondary N) is 1. The minimum absolute atomic E-state index is 0.693. The van der Waals surface area contributed by atoms with Gasteiger partial charge in [0, 0.05) is 19.1 Å². The molecule has 1 aliphatic heterocycles. The number of hydrogen-bond acceptors (Lipinski definition) is 4. The van der Waals surface area contributed by atoms with Crippen molar-refractivity contribution < 1.29 is 0 Å². The Morgan fingerprint density at radius 3 is 3.12 bits per heavy atom. The molecular weight excluding hydrogens is 202 g/mol. The zero-order valence-corrected chi connectivity index (χ0v) is 10.2. The summed E-state index contributed by atoms with van der Waals surface area (Å²) in [7, 11) is 2.20. The Hall–Kier alpha value is -0.940. The van der Waals surface area contributed by atoms with Crippen LogP contribution in [0.5, 0.6) is 0 Å². The molecule has 0 spiro atoms. The van der Waals surface area contributed by atoms with E-state index in [2.05, 4.69) is 34.3 Å². The molecule has 0 radical (unpaired) electrons. The van der Waals surface area contributed by atoms with E-state index in [1.807, 2.05) is 4.68 Å².